The number of hydrogen-bond donors (Lipinski definition) is 1. The molecule has 0 aromatic heterocycles. The molecule has 272 valence electrons. The zero-order valence-electron chi connectivity index (χ0n) is 30.7. The minimum atomic E-state index is -0.801. The first-order valence-corrected chi connectivity index (χ1v) is 18.8. The summed E-state index contributed by atoms with van der Waals surface area (Å²) >= 11 is 0. The van der Waals surface area contributed by atoms with Crippen molar-refractivity contribution < 1.29 is 38.5 Å². The summed E-state index contributed by atoms with van der Waals surface area (Å²) in [6, 6.07) is 0. The van der Waals surface area contributed by atoms with E-state index in [1.165, 1.54) is 64.2 Å². The van der Waals surface area contributed by atoms with Crippen LogP contribution in [0.3, 0.4) is 0 Å². The number of carboxylic acids is 1. The van der Waals surface area contributed by atoms with E-state index in [2.05, 4.69) is 13.8 Å². The Labute approximate surface area is 282 Å². The van der Waals surface area contributed by atoms with E-state index in [9.17, 15) is 19.2 Å². The van der Waals surface area contributed by atoms with Gasteiger partial charge in [0.1, 0.15) is 0 Å². The SMILES string of the molecule is CC(C)OC(=O)CCCCCCCCC(=O)OC(C)C.CCCCCCCCC(CCCCCC)COC(=O)CCCCC(=O)O. The van der Waals surface area contributed by atoms with Crippen LogP contribution in [0.5, 0.6) is 0 Å². The van der Waals surface area contributed by atoms with Gasteiger partial charge in [-0.2, -0.15) is 0 Å². The van der Waals surface area contributed by atoms with Gasteiger partial charge in [0.2, 0.25) is 0 Å². The summed E-state index contributed by atoms with van der Waals surface area (Å²) < 4.78 is 15.6. The van der Waals surface area contributed by atoms with E-state index >= 15 is 0 Å². The molecule has 8 heteroatoms. The van der Waals surface area contributed by atoms with Crippen LogP contribution in [0.15, 0.2) is 0 Å². The maximum Gasteiger partial charge on any atom is 0.306 e. The number of aliphatic carboxylic acids is 1. The quantitative estimate of drug-likeness (QED) is 0.0461. The first kappa shape index (κ1) is 46.0. The number of hydrogen-bond acceptors (Lipinski definition) is 7. The summed E-state index contributed by atoms with van der Waals surface area (Å²) in [4.78, 5) is 44.9. The molecule has 0 rings (SSSR count). The summed E-state index contributed by atoms with van der Waals surface area (Å²) in [7, 11) is 0. The fourth-order valence-corrected chi connectivity index (χ4v) is 5.10. The smallest absolute Gasteiger partial charge is 0.306 e. The van der Waals surface area contributed by atoms with Crippen LogP contribution < -0.4 is 0 Å². The predicted molar refractivity (Wildman–Crippen MR) is 187 cm³/mol. The first-order valence-electron chi connectivity index (χ1n) is 18.8. The second-order valence-corrected chi connectivity index (χ2v) is 13.3. The molecule has 0 aromatic carbocycles. The van der Waals surface area contributed by atoms with Gasteiger partial charge in [0, 0.05) is 25.7 Å². The standard InChI is InChI=1S/C22H42O4.C16H30O4/c1-3-5-7-9-10-12-16-20(15-11-8-6-4-2)19-26-22(25)18-14-13-17-21(23)24;1-13(2)19-15(17)11-9-7-5-6-8-10-12-16(18)20-14(3)4/h20H,3-19H2,1-2H3,(H,23,24);13-14H,5-12H2,1-4H3. The molecule has 0 aliphatic heterocycles. The molecule has 46 heavy (non-hydrogen) atoms. The summed E-state index contributed by atoms with van der Waals surface area (Å²) in [5.41, 5.74) is 0. The van der Waals surface area contributed by atoms with Gasteiger partial charge in [-0.25, -0.2) is 0 Å². The third kappa shape index (κ3) is 38.1. The van der Waals surface area contributed by atoms with Gasteiger partial charge in [0.25, 0.3) is 0 Å². The highest BCUT2D eigenvalue weighted by atomic mass is 16.5. The minimum Gasteiger partial charge on any atom is -0.481 e. The predicted octanol–water partition coefficient (Wildman–Crippen LogP) is 10.5. The molecule has 8 nitrogen and oxygen atoms in total. The van der Waals surface area contributed by atoms with Crippen LogP contribution in [0.1, 0.15) is 196 Å². The van der Waals surface area contributed by atoms with Gasteiger partial charge < -0.3 is 19.3 Å². The van der Waals surface area contributed by atoms with Crippen LogP contribution in [0.2, 0.25) is 0 Å². The molecule has 0 saturated carbocycles. The van der Waals surface area contributed by atoms with E-state index in [1.807, 2.05) is 27.7 Å². The Bertz CT molecular complexity index is 706. The summed E-state index contributed by atoms with van der Waals surface area (Å²) in [5.74, 6) is -0.685. The number of carbonyl (C=O) groups excluding carboxylic acids is 3. The van der Waals surface area contributed by atoms with Crippen molar-refractivity contribution in [3.63, 3.8) is 0 Å². The minimum absolute atomic E-state index is 0.0203. The van der Waals surface area contributed by atoms with Crippen molar-refractivity contribution in [2.75, 3.05) is 6.61 Å². The van der Waals surface area contributed by atoms with E-state index in [0.717, 1.165) is 51.4 Å². The third-order valence-electron chi connectivity index (χ3n) is 7.68. The molecular weight excluding hydrogens is 584 g/mol. The molecule has 0 aliphatic carbocycles. The van der Waals surface area contributed by atoms with Gasteiger partial charge >= 0.3 is 23.9 Å². The Morgan fingerprint density at radius 1 is 0.478 bits per heavy atom. The molecule has 1 N–H and O–H groups in total. The van der Waals surface area contributed by atoms with Crippen molar-refractivity contribution in [3.8, 4) is 0 Å². The van der Waals surface area contributed by atoms with Gasteiger partial charge in [0.15, 0.2) is 0 Å². The Morgan fingerprint density at radius 3 is 1.26 bits per heavy atom. The molecule has 0 aliphatic rings. The van der Waals surface area contributed by atoms with Gasteiger partial charge in [-0.1, -0.05) is 104 Å². The Morgan fingerprint density at radius 2 is 0.826 bits per heavy atom. The van der Waals surface area contributed by atoms with Gasteiger partial charge in [0.05, 0.1) is 18.8 Å². The Kier molecular flexibility index (Phi) is 34.2. The highest BCUT2D eigenvalue weighted by Crippen LogP contribution is 2.20. The van der Waals surface area contributed by atoms with E-state index < -0.39 is 5.97 Å². The van der Waals surface area contributed by atoms with Crippen molar-refractivity contribution >= 4 is 23.9 Å². The molecule has 0 bridgehead atoms. The zero-order valence-corrected chi connectivity index (χ0v) is 30.7. The van der Waals surface area contributed by atoms with Crippen LogP contribution in [0.4, 0.5) is 0 Å². The van der Waals surface area contributed by atoms with Crippen LogP contribution in [0.25, 0.3) is 0 Å². The molecule has 0 aromatic rings. The molecule has 0 fully saturated rings. The number of rotatable bonds is 30. The summed E-state index contributed by atoms with van der Waals surface area (Å²) in [6.45, 7) is 12.5. The van der Waals surface area contributed by atoms with E-state index in [4.69, 9.17) is 19.3 Å². The van der Waals surface area contributed by atoms with E-state index in [1.54, 1.807) is 0 Å². The lowest BCUT2D eigenvalue weighted by Crippen LogP contribution is -2.14. The van der Waals surface area contributed by atoms with E-state index in [-0.39, 0.29) is 36.5 Å². The molecule has 1 atom stereocenters. The maximum absolute atomic E-state index is 11.8. The average molecular weight is 657 g/mol. The fourth-order valence-electron chi connectivity index (χ4n) is 5.10. The molecule has 0 spiro atoms. The first-order chi connectivity index (χ1) is 22.0. The number of ether oxygens (including phenoxy) is 3. The van der Waals surface area contributed by atoms with Crippen LogP contribution in [0, 0.1) is 5.92 Å². The second kappa shape index (κ2) is 34.2. The average Bonchev–Trinajstić information content (AvgIpc) is 2.98. The molecule has 0 radical (unpaired) electrons. The molecule has 1 unspecified atom stereocenters. The Hall–Kier alpha value is -2.12. The topological polar surface area (TPSA) is 116 Å². The molecular formula is C38H72O8. The third-order valence-corrected chi connectivity index (χ3v) is 7.68. The van der Waals surface area contributed by atoms with Crippen molar-refractivity contribution in [2.45, 2.75) is 208 Å². The highest BCUT2D eigenvalue weighted by molar-refractivity contribution is 5.70. The van der Waals surface area contributed by atoms with Gasteiger partial charge in [-0.05, 0) is 72.1 Å². The highest BCUT2D eigenvalue weighted by Gasteiger charge is 2.13. The number of esters is 3. The second-order valence-electron chi connectivity index (χ2n) is 13.3. The van der Waals surface area contributed by atoms with Crippen molar-refractivity contribution in [2.24, 2.45) is 5.92 Å². The number of carboxylic acid groups (broad SMARTS) is 1. The van der Waals surface area contributed by atoms with Crippen LogP contribution in [-0.4, -0.2) is 47.8 Å². The lowest BCUT2D eigenvalue weighted by molar-refractivity contribution is -0.148. The fraction of sp³-hybridized carbons (Fsp3) is 0.895. The van der Waals surface area contributed by atoms with Gasteiger partial charge in [-0.3, -0.25) is 19.2 Å². The summed E-state index contributed by atoms with van der Waals surface area (Å²) in [6.07, 6.45) is 23.8. The zero-order chi connectivity index (χ0) is 34.8. The number of carbonyl (C=O) groups is 4. The van der Waals surface area contributed by atoms with Crippen molar-refractivity contribution in [3.05, 3.63) is 0 Å². The number of unbranched alkanes of at least 4 members (excludes halogenated alkanes) is 14. The van der Waals surface area contributed by atoms with Crippen molar-refractivity contribution in [1.29, 1.82) is 0 Å². The van der Waals surface area contributed by atoms with Crippen LogP contribution in [-0.2, 0) is 33.4 Å². The van der Waals surface area contributed by atoms with Crippen molar-refractivity contribution in [1.82, 2.24) is 0 Å². The normalized spacial score (nSPS) is 11.6. The lowest BCUT2D eigenvalue weighted by Gasteiger charge is -2.17. The largest absolute Gasteiger partial charge is 0.481 e. The lowest BCUT2D eigenvalue weighted by atomic mass is 9.95. The van der Waals surface area contributed by atoms with Gasteiger partial charge in [-0.15, -0.1) is 0 Å². The monoisotopic (exact) mass is 657 g/mol. The van der Waals surface area contributed by atoms with E-state index in [0.29, 0.717) is 44.6 Å². The molecule has 0 heterocycles. The Balaban J connectivity index is 0. The maximum atomic E-state index is 11.8. The van der Waals surface area contributed by atoms with Crippen LogP contribution >= 0.6 is 0 Å². The molecule has 0 saturated heterocycles. The molecule has 0 amide bonds. The summed E-state index contributed by atoms with van der Waals surface area (Å²) in [5, 5.41) is 8.61.